The number of rotatable bonds is 8. The summed E-state index contributed by atoms with van der Waals surface area (Å²) >= 11 is 0. The quantitative estimate of drug-likeness (QED) is 0.657. The lowest BCUT2D eigenvalue weighted by molar-refractivity contribution is -0.124. The van der Waals surface area contributed by atoms with Crippen LogP contribution in [0.1, 0.15) is 37.8 Å². The Morgan fingerprint density at radius 3 is 2.23 bits per heavy atom. The number of amides is 1. The van der Waals surface area contributed by atoms with Crippen molar-refractivity contribution in [3.8, 4) is 0 Å². The van der Waals surface area contributed by atoms with Crippen molar-refractivity contribution in [2.75, 3.05) is 13.1 Å². The molecule has 6 nitrogen and oxygen atoms in total. The molecule has 0 spiro atoms. The van der Waals surface area contributed by atoms with Gasteiger partial charge in [-0.3, -0.25) is 9.69 Å². The lowest BCUT2D eigenvalue weighted by Gasteiger charge is -2.33. The molecule has 2 N–H and O–H groups in total. The molecule has 1 fully saturated rings. The van der Waals surface area contributed by atoms with Gasteiger partial charge in [0.15, 0.2) is 0 Å². The van der Waals surface area contributed by atoms with E-state index < -0.39 is 16.1 Å². The fourth-order valence-electron chi connectivity index (χ4n) is 3.81. The predicted molar refractivity (Wildman–Crippen MR) is 123 cm³/mol. The average molecular weight is 444 g/mol. The maximum Gasteiger partial charge on any atom is 0.241 e. The highest BCUT2D eigenvalue weighted by Gasteiger charge is 2.30. The number of carbonyl (C=O) groups is 1. The highest BCUT2D eigenvalue weighted by atomic mass is 32.2. The smallest absolute Gasteiger partial charge is 0.241 e. The van der Waals surface area contributed by atoms with Crippen LogP contribution in [-0.2, 0) is 21.4 Å². The first-order chi connectivity index (χ1) is 14.7. The lowest BCUT2D eigenvalue weighted by Crippen LogP contribution is -2.53. The first-order valence-corrected chi connectivity index (χ1v) is 12.4. The zero-order chi connectivity index (χ0) is 22.4. The predicted octanol–water partition coefficient (Wildman–Crippen LogP) is 3.08. The Morgan fingerprint density at radius 1 is 1.03 bits per heavy atom. The fraction of sp³-hybridized carbons (Fsp3) is 0.458. The van der Waals surface area contributed by atoms with E-state index in [1.807, 2.05) is 39.0 Å². The highest BCUT2D eigenvalue weighted by molar-refractivity contribution is 7.89. The van der Waals surface area contributed by atoms with Crippen LogP contribution in [0.25, 0.3) is 0 Å². The van der Waals surface area contributed by atoms with Crippen LogP contribution < -0.4 is 10.0 Å². The van der Waals surface area contributed by atoms with Crippen LogP contribution in [0.4, 0.5) is 0 Å². The van der Waals surface area contributed by atoms with Crippen molar-refractivity contribution in [1.82, 2.24) is 14.9 Å². The summed E-state index contributed by atoms with van der Waals surface area (Å²) in [6, 6.07) is 16.2. The Balaban J connectivity index is 1.55. The zero-order valence-corrected chi connectivity index (χ0v) is 19.4. The minimum Gasteiger partial charge on any atom is -0.352 e. The summed E-state index contributed by atoms with van der Waals surface area (Å²) in [6.45, 7) is 8.32. The van der Waals surface area contributed by atoms with Crippen LogP contribution in [-0.4, -0.2) is 44.4 Å². The molecule has 0 bridgehead atoms. The lowest BCUT2D eigenvalue weighted by atomic mass is 10.0. The average Bonchev–Trinajstić information content (AvgIpc) is 2.74. The summed E-state index contributed by atoms with van der Waals surface area (Å²) in [4.78, 5) is 15.5. The molecule has 1 aliphatic heterocycles. The van der Waals surface area contributed by atoms with Crippen LogP contribution >= 0.6 is 0 Å². The van der Waals surface area contributed by atoms with Crippen LogP contribution in [0.3, 0.4) is 0 Å². The molecule has 7 heteroatoms. The van der Waals surface area contributed by atoms with E-state index in [-0.39, 0.29) is 22.8 Å². The van der Waals surface area contributed by atoms with Gasteiger partial charge in [-0.1, -0.05) is 61.9 Å². The number of sulfonamides is 1. The van der Waals surface area contributed by atoms with Gasteiger partial charge in [0, 0.05) is 25.7 Å². The number of nitrogens with one attached hydrogen (secondary N) is 2. The van der Waals surface area contributed by atoms with E-state index in [0.29, 0.717) is 0 Å². The van der Waals surface area contributed by atoms with Crippen molar-refractivity contribution >= 4 is 15.9 Å². The van der Waals surface area contributed by atoms with Gasteiger partial charge >= 0.3 is 0 Å². The van der Waals surface area contributed by atoms with Gasteiger partial charge in [-0.15, -0.1) is 0 Å². The minimum atomic E-state index is -3.77. The van der Waals surface area contributed by atoms with Gasteiger partial charge in [-0.2, -0.15) is 4.72 Å². The molecule has 0 saturated carbocycles. The van der Waals surface area contributed by atoms with Crippen LogP contribution in [0.15, 0.2) is 59.5 Å². The summed E-state index contributed by atoms with van der Waals surface area (Å²) in [5.74, 6) is -0.425. The molecule has 31 heavy (non-hydrogen) atoms. The molecule has 0 unspecified atom stereocenters. The number of carbonyl (C=O) groups excluding carboxylic acids is 1. The monoisotopic (exact) mass is 443 g/mol. The van der Waals surface area contributed by atoms with Gasteiger partial charge < -0.3 is 5.32 Å². The normalized spacial score (nSPS) is 16.9. The molecule has 3 rings (SSSR count). The molecular weight excluding hydrogens is 410 g/mol. The van der Waals surface area contributed by atoms with Crippen molar-refractivity contribution in [1.29, 1.82) is 0 Å². The van der Waals surface area contributed by atoms with Crippen molar-refractivity contribution < 1.29 is 13.2 Å². The second-order valence-corrected chi connectivity index (χ2v) is 10.4. The molecule has 1 atom stereocenters. The summed E-state index contributed by atoms with van der Waals surface area (Å²) in [5, 5.41) is 3.08. The minimum absolute atomic E-state index is 0.0599. The molecule has 0 aromatic heterocycles. The molecule has 1 aliphatic rings. The third-order valence-electron chi connectivity index (χ3n) is 5.75. The maximum atomic E-state index is 12.9. The van der Waals surface area contributed by atoms with E-state index in [9.17, 15) is 13.2 Å². The third-order valence-corrected chi connectivity index (χ3v) is 7.20. The second kappa shape index (κ2) is 10.4. The van der Waals surface area contributed by atoms with Gasteiger partial charge in [0.1, 0.15) is 6.04 Å². The van der Waals surface area contributed by atoms with Crippen molar-refractivity contribution in [2.45, 2.75) is 57.1 Å². The number of piperidine rings is 1. The zero-order valence-electron chi connectivity index (χ0n) is 18.5. The Morgan fingerprint density at radius 2 is 1.65 bits per heavy atom. The van der Waals surface area contributed by atoms with Gasteiger partial charge in [-0.05, 0) is 43.4 Å². The van der Waals surface area contributed by atoms with E-state index in [1.165, 1.54) is 5.56 Å². The molecule has 1 heterocycles. The highest BCUT2D eigenvalue weighted by Crippen LogP contribution is 2.16. The van der Waals surface area contributed by atoms with Crippen LogP contribution in [0.2, 0.25) is 0 Å². The maximum absolute atomic E-state index is 12.9. The Kier molecular flexibility index (Phi) is 7.86. The number of aryl methyl sites for hydroxylation is 1. The van der Waals surface area contributed by atoms with Gasteiger partial charge in [0.2, 0.25) is 15.9 Å². The van der Waals surface area contributed by atoms with Gasteiger partial charge in [0.25, 0.3) is 0 Å². The molecule has 0 radical (unpaired) electrons. The fourth-order valence-corrected chi connectivity index (χ4v) is 5.16. The Labute approximate surface area is 186 Å². The number of likely N-dealkylation sites (tertiary alicyclic amines) is 1. The summed E-state index contributed by atoms with van der Waals surface area (Å²) in [7, 11) is -3.77. The van der Waals surface area contributed by atoms with E-state index >= 15 is 0 Å². The Bertz CT molecular complexity index is 951. The standard InChI is InChI=1S/C24H33N3O3S/c1-18(2)23(26-31(29,30)22-11-9-19(3)10-12-22)24(28)25-21-13-15-27(16-14-21)17-20-7-5-4-6-8-20/h4-12,18,21,23,26H,13-17H2,1-3H3,(H,25,28)/t23-/m0/s1. The number of nitrogens with zero attached hydrogens (tertiary/aromatic N) is 1. The number of benzene rings is 2. The summed E-state index contributed by atoms with van der Waals surface area (Å²) in [6.07, 6.45) is 1.71. The van der Waals surface area contributed by atoms with E-state index in [1.54, 1.807) is 24.3 Å². The van der Waals surface area contributed by atoms with Gasteiger partial charge in [-0.25, -0.2) is 8.42 Å². The van der Waals surface area contributed by atoms with Gasteiger partial charge in [0.05, 0.1) is 4.90 Å². The summed E-state index contributed by atoms with van der Waals surface area (Å²) < 4.78 is 28.2. The van der Waals surface area contributed by atoms with Crippen LogP contribution in [0, 0.1) is 12.8 Å². The van der Waals surface area contributed by atoms with E-state index in [0.717, 1.165) is 38.0 Å². The third kappa shape index (κ3) is 6.63. The van der Waals surface area contributed by atoms with E-state index in [4.69, 9.17) is 0 Å². The molecule has 1 amide bonds. The van der Waals surface area contributed by atoms with Crippen molar-refractivity contribution in [2.24, 2.45) is 5.92 Å². The topological polar surface area (TPSA) is 78.5 Å². The first-order valence-electron chi connectivity index (χ1n) is 10.9. The molecular formula is C24H33N3O3S. The second-order valence-electron chi connectivity index (χ2n) is 8.70. The molecule has 0 aliphatic carbocycles. The SMILES string of the molecule is Cc1ccc(S(=O)(=O)N[C@H](C(=O)NC2CCN(Cc3ccccc3)CC2)C(C)C)cc1. The van der Waals surface area contributed by atoms with Crippen LogP contribution in [0.5, 0.6) is 0 Å². The summed E-state index contributed by atoms with van der Waals surface area (Å²) in [5.41, 5.74) is 2.27. The molecule has 168 valence electrons. The largest absolute Gasteiger partial charge is 0.352 e. The molecule has 1 saturated heterocycles. The van der Waals surface area contributed by atoms with E-state index in [2.05, 4.69) is 27.1 Å². The molecule has 2 aromatic carbocycles. The molecule has 2 aromatic rings. The number of hydrogen-bond acceptors (Lipinski definition) is 4. The number of hydrogen-bond donors (Lipinski definition) is 2. The van der Waals surface area contributed by atoms with Crippen molar-refractivity contribution in [3.05, 3.63) is 65.7 Å². The van der Waals surface area contributed by atoms with Crippen molar-refractivity contribution in [3.63, 3.8) is 0 Å². The first kappa shape index (κ1) is 23.4. The Hall–Kier alpha value is -2.22.